The van der Waals surface area contributed by atoms with Crippen LogP contribution in [0.3, 0.4) is 0 Å². The van der Waals surface area contributed by atoms with E-state index in [0.29, 0.717) is 10.9 Å². The van der Waals surface area contributed by atoms with Crippen LogP contribution in [-0.2, 0) is 17.4 Å². The fraction of sp³-hybridized carbons (Fsp3) is 0.357. The summed E-state index contributed by atoms with van der Waals surface area (Å²) in [6, 6.07) is 5.56. The van der Waals surface area contributed by atoms with Crippen molar-refractivity contribution in [2.45, 2.75) is 32.0 Å². The van der Waals surface area contributed by atoms with Crippen molar-refractivity contribution in [2.75, 3.05) is 0 Å². The maximum atomic E-state index is 13.1. The van der Waals surface area contributed by atoms with Gasteiger partial charge in [0.05, 0.1) is 6.04 Å². The zero-order valence-corrected chi connectivity index (χ0v) is 10.9. The summed E-state index contributed by atoms with van der Waals surface area (Å²) in [7, 11) is 0. The lowest BCUT2D eigenvalue weighted by molar-refractivity contribution is -0.141. The van der Waals surface area contributed by atoms with Gasteiger partial charge in [-0.15, -0.1) is 0 Å². The van der Waals surface area contributed by atoms with Gasteiger partial charge in [0.2, 0.25) is 0 Å². The van der Waals surface area contributed by atoms with Gasteiger partial charge in [-0.05, 0) is 18.1 Å². The highest BCUT2D eigenvalue weighted by Gasteiger charge is 2.36. The van der Waals surface area contributed by atoms with Crippen molar-refractivity contribution < 1.29 is 18.0 Å². The molecule has 3 N–H and O–H groups in total. The second-order valence-corrected chi connectivity index (χ2v) is 4.65. The van der Waals surface area contributed by atoms with Gasteiger partial charge >= 0.3 is 6.18 Å². The zero-order chi connectivity index (χ0) is 14.9. The highest BCUT2D eigenvalue weighted by molar-refractivity contribution is 5.88. The minimum atomic E-state index is -4.50. The molecule has 1 aromatic heterocycles. The molecule has 1 aromatic carbocycles. The molecule has 0 saturated heterocycles. The molecule has 0 aliphatic rings. The summed E-state index contributed by atoms with van der Waals surface area (Å²) in [5.41, 5.74) is 5.32. The normalized spacial score (nSPS) is 13.7. The number of aromatic amines is 1. The number of alkyl halides is 3. The van der Waals surface area contributed by atoms with Crippen LogP contribution in [0.2, 0.25) is 0 Å². The second-order valence-electron chi connectivity index (χ2n) is 4.65. The molecule has 20 heavy (non-hydrogen) atoms. The summed E-state index contributed by atoms with van der Waals surface area (Å²) in [5, 5.41) is 0.458. The Morgan fingerprint density at radius 2 is 2.00 bits per heavy atom. The molecule has 0 fully saturated rings. The first-order valence-corrected chi connectivity index (χ1v) is 6.29. The minimum absolute atomic E-state index is 0.0578. The third-order valence-corrected chi connectivity index (χ3v) is 3.28. The van der Waals surface area contributed by atoms with Gasteiger partial charge in [-0.3, -0.25) is 4.79 Å². The highest BCUT2D eigenvalue weighted by Crippen LogP contribution is 2.36. The maximum absolute atomic E-state index is 13.1. The van der Waals surface area contributed by atoms with Crippen molar-refractivity contribution in [3.63, 3.8) is 0 Å². The maximum Gasteiger partial charge on any atom is 0.431 e. The Morgan fingerprint density at radius 1 is 1.35 bits per heavy atom. The van der Waals surface area contributed by atoms with E-state index in [2.05, 4.69) is 4.98 Å². The lowest BCUT2D eigenvalue weighted by atomic mass is 9.99. The van der Waals surface area contributed by atoms with Gasteiger partial charge in [-0.1, -0.05) is 25.1 Å². The molecule has 3 nitrogen and oxygen atoms in total. The van der Waals surface area contributed by atoms with E-state index in [1.54, 1.807) is 31.2 Å². The van der Waals surface area contributed by atoms with Crippen LogP contribution in [0.5, 0.6) is 0 Å². The van der Waals surface area contributed by atoms with E-state index in [1.165, 1.54) is 0 Å². The van der Waals surface area contributed by atoms with Crippen LogP contribution in [0.1, 0.15) is 24.6 Å². The number of ketones is 1. The van der Waals surface area contributed by atoms with Gasteiger partial charge in [-0.2, -0.15) is 13.2 Å². The number of nitrogens with two attached hydrogens (primary N) is 1. The molecule has 0 aliphatic heterocycles. The quantitative estimate of drug-likeness (QED) is 0.906. The molecule has 0 spiro atoms. The number of Topliss-reactive ketones (excluding diaryl/α,β-unsaturated/α-hetero) is 1. The number of para-hydroxylation sites is 1. The van der Waals surface area contributed by atoms with Crippen LogP contribution < -0.4 is 5.73 Å². The van der Waals surface area contributed by atoms with Crippen molar-refractivity contribution in [1.82, 2.24) is 4.98 Å². The number of rotatable bonds is 4. The van der Waals surface area contributed by atoms with E-state index < -0.39 is 17.9 Å². The van der Waals surface area contributed by atoms with Crippen LogP contribution in [0.4, 0.5) is 13.2 Å². The SMILES string of the molecule is CCC(=O)C(N)Cc1c(C(F)(F)F)[nH]c2ccccc12. The summed E-state index contributed by atoms with van der Waals surface area (Å²) in [5.74, 6) is -0.247. The number of fused-ring (bicyclic) bond motifs is 1. The number of aromatic nitrogens is 1. The molecule has 0 bridgehead atoms. The van der Waals surface area contributed by atoms with Gasteiger partial charge in [0.15, 0.2) is 0 Å². The number of hydrogen-bond donors (Lipinski definition) is 2. The first-order valence-electron chi connectivity index (χ1n) is 6.29. The number of carbonyl (C=O) groups excluding carboxylic acids is 1. The van der Waals surface area contributed by atoms with Gasteiger partial charge in [0.1, 0.15) is 11.5 Å². The molecular formula is C14H15F3N2O. The van der Waals surface area contributed by atoms with Crippen molar-refractivity contribution in [3.05, 3.63) is 35.5 Å². The molecule has 1 unspecified atom stereocenters. The monoisotopic (exact) mass is 284 g/mol. The van der Waals surface area contributed by atoms with Crippen molar-refractivity contribution in [2.24, 2.45) is 5.73 Å². The highest BCUT2D eigenvalue weighted by atomic mass is 19.4. The van der Waals surface area contributed by atoms with E-state index in [4.69, 9.17) is 5.73 Å². The molecular weight excluding hydrogens is 269 g/mol. The largest absolute Gasteiger partial charge is 0.431 e. The first kappa shape index (κ1) is 14.6. The molecule has 0 aliphatic carbocycles. The van der Waals surface area contributed by atoms with E-state index in [0.717, 1.165) is 0 Å². The van der Waals surface area contributed by atoms with Crippen molar-refractivity contribution in [3.8, 4) is 0 Å². The van der Waals surface area contributed by atoms with Crippen LogP contribution in [0, 0.1) is 0 Å². The molecule has 0 amide bonds. The molecule has 1 atom stereocenters. The van der Waals surface area contributed by atoms with E-state index in [9.17, 15) is 18.0 Å². The van der Waals surface area contributed by atoms with E-state index >= 15 is 0 Å². The van der Waals surface area contributed by atoms with Crippen LogP contribution in [0.25, 0.3) is 10.9 Å². The Labute approximate surface area is 114 Å². The lowest BCUT2D eigenvalue weighted by Gasteiger charge is -2.12. The number of carbonyl (C=O) groups is 1. The molecule has 2 rings (SSSR count). The number of hydrogen-bond acceptors (Lipinski definition) is 2. The van der Waals surface area contributed by atoms with E-state index in [1.807, 2.05) is 0 Å². The summed E-state index contributed by atoms with van der Waals surface area (Å²) < 4.78 is 39.2. The molecule has 1 heterocycles. The Hall–Kier alpha value is -1.82. The first-order chi connectivity index (χ1) is 9.34. The van der Waals surface area contributed by atoms with Gasteiger partial charge < -0.3 is 10.7 Å². The Bertz CT molecular complexity index is 631. The number of H-pyrrole nitrogens is 1. The Balaban J connectivity index is 2.51. The summed E-state index contributed by atoms with van der Waals surface area (Å²) in [6.07, 6.45) is -4.40. The molecule has 6 heteroatoms. The Morgan fingerprint density at radius 3 is 2.60 bits per heavy atom. The average molecular weight is 284 g/mol. The van der Waals surface area contributed by atoms with Gasteiger partial charge in [0, 0.05) is 17.3 Å². The lowest BCUT2D eigenvalue weighted by Crippen LogP contribution is -2.32. The van der Waals surface area contributed by atoms with Gasteiger partial charge in [0.25, 0.3) is 0 Å². The minimum Gasteiger partial charge on any atom is -0.351 e. The Kier molecular flexibility index (Phi) is 3.85. The molecule has 0 radical (unpaired) electrons. The van der Waals surface area contributed by atoms with Gasteiger partial charge in [-0.25, -0.2) is 0 Å². The van der Waals surface area contributed by atoms with Crippen LogP contribution in [0.15, 0.2) is 24.3 Å². The molecule has 108 valence electrons. The average Bonchev–Trinajstić information content (AvgIpc) is 2.77. The standard InChI is InChI=1S/C14H15F3N2O/c1-2-12(20)10(18)7-9-8-5-3-4-6-11(8)19-13(9)14(15,16)17/h3-6,10,19H,2,7,18H2,1H3. The van der Waals surface area contributed by atoms with E-state index in [-0.39, 0.29) is 24.2 Å². The predicted octanol–water partition coefficient (Wildman–Crippen LogP) is 3.04. The fourth-order valence-corrected chi connectivity index (χ4v) is 2.25. The second kappa shape index (κ2) is 5.28. The summed E-state index contributed by atoms with van der Waals surface area (Å²) >= 11 is 0. The van der Waals surface area contributed by atoms with Crippen molar-refractivity contribution in [1.29, 1.82) is 0 Å². The van der Waals surface area contributed by atoms with Crippen molar-refractivity contribution >= 4 is 16.7 Å². The zero-order valence-electron chi connectivity index (χ0n) is 10.9. The van der Waals surface area contributed by atoms with Crippen LogP contribution >= 0.6 is 0 Å². The summed E-state index contributed by atoms with van der Waals surface area (Å²) in [4.78, 5) is 13.9. The number of halogens is 3. The third kappa shape index (κ3) is 2.70. The topological polar surface area (TPSA) is 58.9 Å². The fourth-order valence-electron chi connectivity index (χ4n) is 2.25. The predicted molar refractivity (Wildman–Crippen MR) is 70.3 cm³/mol. The molecule has 0 saturated carbocycles. The smallest absolute Gasteiger partial charge is 0.351 e. The number of benzene rings is 1. The summed E-state index contributed by atoms with van der Waals surface area (Å²) in [6.45, 7) is 1.64. The third-order valence-electron chi connectivity index (χ3n) is 3.28. The molecule has 2 aromatic rings. The van der Waals surface area contributed by atoms with Crippen LogP contribution in [-0.4, -0.2) is 16.8 Å². The number of nitrogens with one attached hydrogen (secondary N) is 1.